The van der Waals surface area contributed by atoms with E-state index in [9.17, 15) is 4.79 Å². The standard InChI is InChI=1S/C18H28ClN5O2/c1-6-12(2)15(20)16-21-13(19)11-14(22-16)23-7-9-24(10-8-23)17(25)26-18(3,4)5/h11-12,20H,6-10H2,1-5H3. The Morgan fingerprint density at radius 1 is 1.31 bits per heavy atom. The fourth-order valence-electron chi connectivity index (χ4n) is 2.56. The number of hydrogen-bond donors (Lipinski definition) is 1. The summed E-state index contributed by atoms with van der Waals surface area (Å²) < 4.78 is 5.42. The fourth-order valence-corrected chi connectivity index (χ4v) is 2.73. The Kier molecular flexibility index (Phi) is 6.44. The number of halogens is 1. The molecule has 7 nitrogen and oxygen atoms in total. The van der Waals surface area contributed by atoms with E-state index in [2.05, 4.69) is 14.9 Å². The summed E-state index contributed by atoms with van der Waals surface area (Å²) in [7, 11) is 0. The van der Waals surface area contributed by atoms with Gasteiger partial charge >= 0.3 is 6.09 Å². The zero-order valence-electron chi connectivity index (χ0n) is 16.2. The van der Waals surface area contributed by atoms with Gasteiger partial charge in [0.15, 0.2) is 5.82 Å². The molecule has 1 aromatic rings. The van der Waals surface area contributed by atoms with Crippen molar-refractivity contribution in [3.05, 3.63) is 17.0 Å². The van der Waals surface area contributed by atoms with Crippen molar-refractivity contribution in [3.8, 4) is 0 Å². The lowest BCUT2D eigenvalue weighted by atomic mass is 10.0. The number of piperazine rings is 1. The maximum atomic E-state index is 12.2. The van der Waals surface area contributed by atoms with E-state index in [0.29, 0.717) is 48.7 Å². The van der Waals surface area contributed by atoms with Crippen molar-refractivity contribution in [1.82, 2.24) is 14.9 Å². The van der Waals surface area contributed by atoms with Crippen molar-refractivity contribution in [1.29, 1.82) is 5.41 Å². The number of aromatic nitrogens is 2. The highest BCUT2D eigenvalue weighted by atomic mass is 35.5. The Balaban J connectivity index is 2.06. The summed E-state index contributed by atoms with van der Waals surface area (Å²) in [5.41, 5.74) is -0.108. The van der Waals surface area contributed by atoms with Crippen LogP contribution in [0.4, 0.5) is 10.6 Å². The smallest absolute Gasteiger partial charge is 0.410 e. The molecule has 1 N–H and O–H groups in total. The predicted molar refractivity (Wildman–Crippen MR) is 103 cm³/mol. The van der Waals surface area contributed by atoms with E-state index in [1.165, 1.54) is 0 Å². The molecule has 0 bridgehead atoms. The van der Waals surface area contributed by atoms with Crippen molar-refractivity contribution in [2.75, 3.05) is 31.1 Å². The minimum Gasteiger partial charge on any atom is -0.444 e. The highest BCUT2D eigenvalue weighted by Gasteiger charge is 2.27. The number of nitrogens with one attached hydrogen (secondary N) is 1. The van der Waals surface area contributed by atoms with Crippen molar-refractivity contribution < 1.29 is 9.53 Å². The molecule has 144 valence electrons. The first-order valence-electron chi connectivity index (χ1n) is 8.97. The Labute approximate surface area is 160 Å². The van der Waals surface area contributed by atoms with Crippen LogP contribution in [0.1, 0.15) is 46.9 Å². The number of nitrogens with zero attached hydrogens (tertiary/aromatic N) is 4. The number of carbonyl (C=O) groups is 1. The van der Waals surface area contributed by atoms with Gasteiger partial charge in [-0.1, -0.05) is 25.4 Å². The third-order valence-corrected chi connectivity index (χ3v) is 4.48. The molecule has 2 rings (SSSR count). The largest absolute Gasteiger partial charge is 0.444 e. The molecule has 1 aliphatic rings. The number of rotatable bonds is 4. The van der Waals surface area contributed by atoms with Gasteiger partial charge in [0, 0.05) is 38.2 Å². The van der Waals surface area contributed by atoms with Gasteiger partial charge in [-0.25, -0.2) is 14.8 Å². The molecule has 1 amide bonds. The normalized spacial score (nSPS) is 16.4. The number of hydrogen-bond acceptors (Lipinski definition) is 6. The fraction of sp³-hybridized carbons (Fsp3) is 0.667. The lowest BCUT2D eigenvalue weighted by Gasteiger charge is -2.36. The molecule has 26 heavy (non-hydrogen) atoms. The molecule has 2 heterocycles. The van der Waals surface area contributed by atoms with Gasteiger partial charge in [-0.05, 0) is 27.2 Å². The lowest BCUT2D eigenvalue weighted by molar-refractivity contribution is 0.0240. The van der Waals surface area contributed by atoms with Crippen LogP contribution in [0.3, 0.4) is 0 Å². The second-order valence-corrected chi connectivity index (χ2v) is 7.94. The second-order valence-electron chi connectivity index (χ2n) is 7.55. The molecule has 1 saturated heterocycles. The van der Waals surface area contributed by atoms with Crippen LogP contribution in [0, 0.1) is 11.3 Å². The SMILES string of the molecule is CCC(C)C(=N)c1nc(Cl)cc(N2CCN(C(=O)OC(C)(C)C)CC2)n1. The highest BCUT2D eigenvalue weighted by Crippen LogP contribution is 2.20. The van der Waals surface area contributed by atoms with Crippen LogP contribution in [0.5, 0.6) is 0 Å². The van der Waals surface area contributed by atoms with Crippen LogP contribution in [0.15, 0.2) is 6.07 Å². The lowest BCUT2D eigenvalue weighted by Crippen LogP contribution is -2.50. The number of carbonyl (C=O) groups excluding carboxylic acids is 1. The van der Waals surface area contributed by atoms with Gasteiger partial charge in [0.05, 0.1) is 5.71 Å². The van der Waals surface area contributed by atoms with Crippen LogP contribution in [0.2, 0.25) is 5.15 Å². The van der Waals surface area contributed by atoms with Crippen LogP contribution in [0.25, 0.3) is 0 Å². The molecule has 0 radical (unpaired) electrons. The van der Waals surface area contributed by atoms with E-state index in [4.69, 9.17) is 21.7 Å². The first kappa shape index (κ1) is 20.4. The first-order chi connectivity index (χ1) is 12.1. The molecule has 1 atom stereocenters. The molecular weight excluding hydrogens is 354 g/mol. The van der Waals surface area contributed by atoms with Gasteiger partial charge < -0.3 is 19.9 Å². The van der Waals surface area contributed by atoms with Crippen LogP contribution >= 0.6 is 11.6 Å². The van der Waals surface area contributed by atoms with Gasteiger partial charge in [-0.2, -0.15) is 0 Å². The molecule has 0 spiro atoms. The van der Waals surface area contributed by atoms with Crippen molar-refractivity contribution in [2.45, 2.75) is 46.6 Å². The van der Waals surface area contributed by atoms with E-state index in [0.717, 1.165) is 6.42 Å². The molecule has 0 saturated carbocycles. The molecule has 8 heteroatoms. The molecule has 1 fully saturated rings. The Morgan fingerprint density at radius 3 is 2.46 bits per heavy atom. The summed E-state index contributed by atoms with van der Waals surface area (Å²) in [4.78, 5) is 24.7. The summed E-state index contributed by atoms with van der Waals surface area (Å²) >= 11 is 6.15. The zero-order chi connectivity index (χ0) is 19.5. The van der Waals surface area contributed by atoms with E-state index in [1.54, 1.807) is 11.0 Å². The molecule has 0 aromatic carbocycles. The maximum absolute atomic E-state index is 12.2. The number of amides is 1. The second kappa shape index (κ2) is 8.20. The van der Waals surface area contributed by atoms with Gasteiger partial charge in [0.25, 0.3) is 0 Å². The quantitative estimate of drug-likeness (QED) is 0.636. The van der Waals surface area contributed by atoms with E-state index < -0.39 is 5.60 Å². The maximum Gasteiger partial charge on any atom is 0.410 e. The molecule has 1 aliphatic heterocycles. The summed E-state index contributed by atoms with van der Waals surface area (Å²) in [5.74, 6) is 1.14. The molecule has 1 unspecified atom stereocenters. The number of ether oxygens (including phenoxy) is 1. The zero-order valence-corrected chi connectivity index (χ0v) is 16.9. The predicted octanol–water partition coefficient (Wildman–Crippen LogP) is 3.60. The van der Waals surface area contributed by atoms with Crippen LogP contribution in [-0.4, -0.2) is 58.5 Å². The Bertz CT molecular complexity index is 666. The van der Waals surface area contributed by atoms with Crippen molar-refractivity contribution in [2.24, 2.45) is 5.92 Å². The molecule has 0 aliphatic carbocycles. The topological polar surface area (TPSA) is 82.4 Å². The van der Waals surface area contributed by atoms with Gasteiger partial charge in [0.1, 0.15) is 16.6 Å². The van der Waals surface area contributed by atoms with E-state index in [-0.39, 0.29) is 12.0 Å². The van der Waals surface area contributed by atoms with E-state index >= 15 is 0 Å². The summed E-state index contributed by atoms with van der Waals surface area (Å²) in [6.45, 7) is 11.9. The summed E-state index contributed by atoms with van der Waals surface area (Å²) in [6.07, 6.45) is 0.551. The minimum absolute atomic E-state index is 0.0744. The van der Waals surface area contributed by atoms with Crippen LogP contribution < -0.4 is 4.90 Å². The van der Waals surface area contributed by atoms with Gasteiger partial charge in [-0.15, -0.1) is 0 Å². The Hall–Kier alpha value is -1.89. The molecular formula is C18H28ClN5O2. The van der Waals surface area contributed by atoms with Crippen LogP contribution in [-0.2, 0) is 4.74 Å². The molecule has 1 aromatic heterocycles. The number of anilines is 1. The Morgan fingerprint density at radius 2 is 1.92 bits per heavy atom. The minimum atomic E-state index is -0.500. The van der Waals surface area contributed by atoms with Crippen molar-refractivity contribution in [3.63, 3.8) is 0 Å². The van der Waals surface area contributed by atoms with Gasteiger partial charge in [-0.3, -0.25) is 0 Å². The van der Waals surface area contributed by atoms with Crippen molar-refractivity contribution >= 4 is 29.2 Å². The summed E-state index contributed by atoms with van der Waals surface area (Å²) in [6, 6.07) is 1.71. The average Bonchev–Trinajstić information content (AvgIpc) is 2.58. The third-order valence-electron chi connectivity index (χ3n) is 4.28. The highest BCUT2D eigenvalue weighted by molar-refractivity contribution is 6.29. The van der Waals surface area contributed by atoms with E-state index in [1.807, 2.05) is 34.6 Å². The summed E-state index contributed by atoms with van der Waals surface area (Å²) in [5, 5.41) is 8.57. The first-order valence-corrected chi connectivity index (χ1v) is 9.34. The van der Waals surface area contributed by atoms with Gasteiger partial charge in [0.2, 0.25) is 0 Å². The monoisotopic (exact) mass is 381 g/mol. The third kappa shape index (κ3) is 5.30. The average molecular weight is 382 g/mol.